The molecule has 0 N–H and O–H groups in total. The Morgan fingerprint density at radius 1 is 1.45 bits per heavy atom. The molecule has 22 heavy (non-hydrogen) atoms. The summed E-state index contributed by atoms with van der Waals surface area (Å²) in [5.74, 6) is 0.456. The van der Waals surface area contributed by atoms with Gasteiger partial charge in [0.15, 0.2) is 0 Å². The lowest BCUT2D eigenvalue weighted by molar-refractivity contribution is 0.0787. The molecule has 0 aromatic carbocycles. The third-order valence-electron chi connectivity index (χ3n) is 4.09. The van der Waals surface area contributed by atoms with Gasteiger partial charge >= 0.3 is 0 Å². The largest absolute Gasteiger partial charge is 0.340 e. The minimum Gasteiger partial charge on any atom is -0.340 e. The van der Waals surface area contributed by atoms with Crippen molar-refractivity contribution < 1.29 is 4.79 Å². The average molecular weight is 335 g/mol. The molecule has 4 nitrogen and oxygen atoms in total. The summed E-state index contributed by atoms with van der Waals surface area (Å²) in [7, 11) is 1.89. The number of amides is 1. The first-order valence-electron chi connectivity index (χ1n) is 7.74. The van der Waals surface area contributed by atoms with E-state index < -0.39 is 0 Å². The Morgan fingerprint density at radius 2 is 2.27 bits per heavy atom. The molecule has 3 rings (SSSR count). The molecule has 0 bridgehead atoms. The molecule has 2 aromatic heterocycles. The maximum Gasteiger partial charge on any atom is 0.265 e. The molecular weight excluding hydrogens is 314 g/mol. The van der Waals surface area contributed by atoms with Gasteiger partial charge in [-0.25, -0.2) is 9.97 Å². The summed E-state index contributed by atoms with van der Waals surface area (Å²) in [6.45, 7) is 4.87. The molecule has 0 radical (unpaired) electrons. The van der Waals surface area contributed by atoms with Crippen LogP contribution in [-0.2, 0) is 12.8 Å². The summed E-state index contributed by atoms with van der Waals surface area (Å²) < 4.78 is 0. The second-order valence-electron chi connectivity index (χ2n) is 5.79. The zero-order valence-corrected chi connectivity index (χ0v) is 14.9. The van der Waals surface area contributed by atoms with Gasteiger partial charge in [0, 0.05) is 24.4 Å². The van der Waals surface area contributed by atoms with Crippen LogP contribution >= 0.6 is 22.7 Å². The number of hydrogen-bond donors (Lipinski definition) is 0. The predicted molar refractivity (Wildman–Crippen MR) is 91.0 cm³/mol. The fourth-order valence-electron chi connectivity index (χ4n) is 2.98. The van der Waals surface area contributed by atoms with Crippen molar-refractivity contribution in [3.05, 3.63) is 31.7 Å². The van der Waals surface area contributed by atoms with Gasteiger partial charge in [-0.05, 0) is 32.6 Å². The van der Waals surface area contributed by atoms with E-state index in [0.717, 1.165) is 40.7 Å². The molecule has 1 amide bonds. The molecule has 0 fully saturated rings. The topological polar surface area (TPSA) is 46.1 Å². The van der Waals surface area contributed by atoms with Gasteiger partial charge in [0.05, 0.1) is 21.9 Å². The summed E-state index contributed by atoms with van der Waals surface area (Å²) in [6, 6.07) is 0. The molecule has 0 saturated heterocycles. The first kappa shape index (κ1) is 15.6. The standard InChI is InChI=1S/C16H21N3OS2/c1-4-14-17-8-13(22-14)16(20)19(3)9-11-6-5-7-12-15(11)18-10(2)21-12/h8,11H,4-7,9H2,1-3H3. The van der Waals surface area contributed by atoms with Crippen molar-refractivity contribution in [1.82, 2.24) is 14.9 Å². The van der Waals surface area contributed by atoms with Crippen molar-refractivity contribution in [3.63, 3.8) is 0 Å². The number of hydrogen-bond acceptors (Lipinski definition) is 5. The number of fused-ring (bicyclic) bond motifs is 1. The van der Waals surface area contributed by atoms with Gasteiger partial charge < -0.3 is 4.90 Å². The third-order valence-corrected chi connectivity index (χ3v) is 6.26. The van der Waals surface area contributed by atoms with Crippen molar-refractivity contribution in [2.75, 3.05) is 13.6 Å². The first-order valence-corrected chi connectivity index (χ1v) is 9.38. The van der Waals surface area contributed by atoms with E-state index in [9.17, 15) is 4.79 Å². The monoisotopic (exact) mass is 335 g/mol. The quantitative estimate of drug-likeness (QED) is 0.856. The lowest BCUT2D eigenvalue weighted by Gasteiger charge is -2.26. The van der Waals surface area contributed by atoms with E-state index in [1.807, 2.05) is 23.3 Å². The van der Waals surface area contributed by atoms with Crippen LogP contribution in [0.15, 0.2) is 6.20 Å². The molecule has 0 spiro atoms. The van der Waals surface area contributed by atoms with Crippen LogP contribution in [0.1, 0.15) is 55.9 Å². The Kier molecular flexibility index (Phi) is 4.59. The molecule has 0 aliphatic heterocycles. The van der Waals surface area contributed by atoms with Crippen LogP contribution in [0.2, 0.25) is 0 Å². The van der Waals surface area contributed by atoms with Gasteiger partial charge in [-0.3, -0.25) is 4.79 Å². The van der Waals surface area contributed by atoms with E-state index in [4.69, 9.17) is 4.98 Å². The molecule has 1 unspecified atom stereocenters. The predicted octanol–water partition coefficient (Wildman–Crippen LogP) is 3.66. The second-order valence-corrected chi connectivity index (χ2v) is 8.19. The summed E-state index contributed by atoms with van der Waals surface area (Å²) in [4.78, 5) is 25.5. The lowest BCUT2D eigenvalue weighted by Crippen LogP contribution is -2.31. The fourth-order valence-corrected chi connectivity index (χ4v) is 4.90. The Labute approximate surface area is 139 Å². The molecular formula is C16H21N3OS2. The normalized spacial score (nSPS) is 17.3. The van der Waals surface area contributed by atoms with E-state index in [1.165, 1.54) is 28.3 Å². The summed E-state index contributed by atoms with van der Waals surface area (Å²) in [5.41, 5.74) is 1.23. The second kappa shape index (κ2) is 6.46. The van der Waals surface area contributed by atoms with Crippen LogP contribution in [-0.4, -0.2) is 34.4 Å². The van der Waals surface area contributed by atoms with E-state index in [1.54, 1.807) is 6.20 Å². The number of aryl methyl sites for hydroxylation is 3. The van der Waals surface area contributed by atoms with Gasteiger partial charge in [-0.2, -0.15) is 0 Å². The highest BCUT2D eigenvalue weighted by atomic mass is 32.1. The first-order chi connectivity index (χ1) is 10.6. The number of nitrogens with zero attached hydrogens (tertiary/aromatic N) is 3. The Hall–Kier alpha value is -1.27. The van der Waals surface area contributed by atoms with Crippen molar-refractivity contribution in [3.8, 4) is 0 Å². The average Bonchev–Trinajstić information content (AvgIpc) is 3.12. The summed E-state index contributed by atoms with van der Waals surface area (Å²) in [6.07, 6.45) is 6.05. The highest BCUT2D eigenvalue weighted by Gasteiger charge is 2.27. The Balaban J connectivity index is 1.71. The number of thiazole rings is 2. The van der Waals surface area contributed by atoms with Crippen molar-refractivity contribution in [2.45, 2.75) is 45.4 Å². The van der Waals surface area contributed by atoms with Crippen molar-refractivity contribution in [2.24, 2.45) is 0 Å². The van der Waals surface area contributed by atoms with Crippen molar-refractivity contribution in [1.29, 1.82) is 0 Å². The molecule has 1 atom stereocenters. The highest BCUT2D eigenvalue weighted by Crippen LogP contribution is 2.35. The van der Waals surface area contributed by atoms with Crippen LogP contribution in [0.5, 0.6) is 0 Å². The molecule has 2 heterocycles. The van der Waals surface area contributed by atoms with Crippen LogP contribution in [0.4, 0.5) is 0 Å². The number of carbonyl (C=O) groups is 1. The highest BCUT2D eigenvalue weighted by molar-refractivity contribution is 7.13. The number of rotatable bonds is 4. The van der Waals surface area contributed by atoms with Crippen LogP contribution in [0.3, 0.4) is 0 Å². The third kappa shape index (κ3) is 3.08. The SMILES string of the molecule is CCc1ncc(C(=O)N(C)CC2CCCc3sc(C)nc32)s1. The van der Waals surface area contributed by atoms with Crippen molar-refractivity contribution >= 4 is 28.6 Å². The lowest BCUT2D eigenvalue weighted by atomic mass is 9.90. The van der Waals surface area contributed by atoms with E-state index in [2.05, 4.69) is 18.8 Å². The molecule has 0 saturated carbocycles. The van der Waals surface area contributed by atoms with E-state index in [-0.39, 0.29) is 5.91 Å². The zero-order chi connectivity index (χ0) is 15.7. The number of carbonyl (C=O) groups excluding carboxylic acids is 1. The minimum atomic E-state index is 0.0799. The molecule has 1 aliphatic carbocycles. The van der Waals surface area contributed by atoms with E-state index in [0.29, 0.717) is 5.92 Å². The molecule has 2 aromatic rings. The zero-order valence-electron chi connectivity index (χ0n) is 13.3. The van der Waals surface area contributed by atoms with Gasteiger partial charge in [0.25, 0.3) is 5.91 Å². The minimum absolute atomic E-state index is 0.0799. The van der Waals surface area contributed by atoms with Crippen LogP contribution in [0.25, 0.3) is 0 Å². The van der Waals surface area contributed by atoms with Crippen LogP contribution in [0, 0.1) is 6.92 Å². The van der Waals surface area contributed by atoms with Gasteiger partial charge in [0.1, 0.15) is 4.88 Å². The summed E-state index contributed by atoms with van der Waals surface area (Å²) in [5, 5.41) is 2.16. The molecule has 1 aliphatic rings. The Bertz CT molecular complexity index is 677. The van der Waals surface area contributed by atoms with Crippen LogP contribution < -0.4 is 0 Å². The number of likely N-dealkylation sites (N-methyl/N-ethyl adjacent to an activating group) is 1. The molecule has 118 valence electrons. The van der Waals surface area contributed by atoms with Gasteiger partial charge in [-0.1, -0.05) is 6.92 Å². The van der Waals surface area contributed by atoms with E-state index >= 15 is 0 Å². The maximum atomic E-state index is 12.5. The smallest absolute Gasteiger partial charge is 0.265 e. The number of aromatic nitrogens is 2. The molecule has 6 heteroatoms. The van der Waals surface area contributed by atoms with Gasteiger partial charge in [-0.15, -0.1) is 22.7 Å². The maximum absolute atomic E-state index is 12.5. The Morgan fingerprint density at radius 3 is 3.00 bits per heavy atom. The fraction of sp³-hybridized carbons (Fsp3) is 0.562. The van der Waals surface area contributed by atoms with Gasteiger partial charge in [0.2, 0.25) is 0 Å². The summed E-state index contributed by atoms with van der Waals surface area (Å²) >= 11 is 3.31.